The first kappa shape index (κ1) is 12.5. The molecular weight excluding hydrogens is 186 g/mol. The lowest BCUT2D eigenvalue weighted by atomic mass is 9.89. The van der Waals surface area contributed by atoms with Crippen molar-refractivity contribution in [3.8, 4) is 0 Å². The maximum atomic E-state index is 11.9. The number of hydrogen-bond donors (Lipinski definition) is 1. The highest BCUT2D eigenvalue weighted by molar-refractivity contribution is 5.79. The van der Waals surface area contributed by atoms with E-state index in [2.05, 4.69) is 19.2 Å². The normalized spacial score (nSPS) is 18.3. The van der Waals surface area contributed by atoms with Crippen LogP contribution in [0.1, 0.15) is 53.4 Å². The molecule has 1 saturated carbocycles. The zero-order valence-electron chi connectivity index (χ0n) is 10.5. The average Bonchev–Trinajstić information content (AvgIpc) is 2.85. The second-order valence-corrected chi connectivity index (χ2v) is 5.53. The molecule has 2 heteroatoms. The SMILES string of the molecule is CC(C)NC(=O)C(CCC1CC1)C(C)C. The van der Waals surface area contributed by atoms with E-state index < -0.39 is 0 Å². The lowest BCUT2D eigenvalue weighted by Gasteiger charge is -2.21. The minimum atomic E-state index is 0.216. The zero-order chi connectivity index (χ0) is 11.4. The van der Waals surface area contributed by atoms with E-state index in [1.165, 1.54) is 19.3 Å². The Morgan fingerprint density at radius 3 is 2.27 bits per heavy atom. The predicted octanol–water partition coefficient (Wildman–Crippen LogP) is 2.97. The molecule has 0 aromatic carbocycles. The van der Waals surface area contributed by atoms with Crippen molar-refractivity contribution in [1.29, 1.82) is 0 Å². The number of rotatable bonds is 6. The number of carbonyl (C=O) groups is 1. The van der Waals surface area contributed by atoms with Gasteiger partial charge < -0.3 is 5.32 Å². The summed E-state index contributed by atoms with van der Waals surface area (Å²) in [5.74, 6) is 1.86. The van der Waals surface area contributed by atoms with Crippen LogP contribution >= 0.6 is 0 Å². The summed E-state index contributed by atoms with van der Waals surface area (Å²) in [5, 5.41) is 3.03. The summed E-state index contributed by atoms with van der Waals surface area (Å²) in [6, 6.07) is 0.264. The van der Waals surface area contributed by atoms with Gasteiger partial charge in [-0.1, -0.05) is 26.7 Å². The maximum Gasteiger partial charge on any atom is 0.223 e. The van der Waals surface area contributed by atoms with Gasteiger partial charge in [-0.3, -0.25) is 4.79 Å². The van der Waals surface area contributed by atoms with E-state index >= 15 is 0 Å². The van der Waals surface area contributed by atoms with E-state index in [1.54, 1.807) is 0 Å². The predicted molar refractivity (Wildman–Crippen MR) is 63.6 cm³/mol. The van der Waals surface area contributed by atoms with Crippen LogP contribution in [0.2, 0.25) is 0 Å². The third-order valence-electron chi connectivity index (χ3n) is 3.16. The molecule has 2 nitrogen and oxygen atoms in total. The summed E-state index contributed by atoms with van der Waals surface area (Å²) in [4.78, 5) is 11.9. The molecule has 0 heterocycles. The molecule has 1 N–H and O–H groups in total. The third-order valence-corrected chi connectivity index (χ3v) is 3.16. The summed E-state index contributed by atoms with van der Waals surface area (Å²) >= 11 is 0. The Hall–Kier alpha value is -0.530. The number of nitrogens with one attached hydrogen (secondary N) is 1. The van der Waals surface area contributed by atoms with Crippen LogP contribution in [0, 0.1) is 17.8 Å². The van der Waals surface area contributed by atoms with Crippen molar-refractivity contribution in [3.05, 3.63) is 0 Å². The molecule has 1 rings (SSSR count). The fourth-order valence-corrected chi connectivity index (χ4v) is 1.98. The minimum Gasteiger partial charge on any atom is -0.354 e. The molecular formula is C13H25NO. The fraction of sp³-hybridized carbons (Fsp3) is 0.923. The molecule has 1 amide bonds. The van der Waals surface area contributed by atoms with Crippen LogP contribution in [-0.2, 0) is 4.79 Å². The zero-order valence-corrected chi connectivity index (χ0v) is 10.5. The van der Waals surface area contributed by atoms with Gasteiger partial charge in [0.15, 0.2) is 0 Å². The highest BCUT2D eigenvalue weighted by Crippen LogP contribution is 2.35. The largest absolute Gasteiger partial charge is 0.354 e. The summed E-state index contributed by atoms with van der Waals surface area (Å²) in [7, 11) is 0. The first-order valence-electron chi connectivity index (χ1n) is 6.31. The molecule has 0 aromatic heterocycles. The van der Waals surface area contributed by atoms with Gasteiger partial charge in [-0.25, -0.2) is 0 Å². The Labute approximate surface area is 93.8 Å². The van der Waals surface area contributed by atoms with Gasteiger partial charge >= 0.3 is 0 Å². The molecule has 1 atom stereocenters. The van der Waals surface area contributed by atoms with Gasteiger partial charge in [0, 0.05) is 12.0 Å². The van der Waals surface area contributed by atoms with Crippen LogP contribution < -0.4 is 5.32 Å². The molecule has 0 aromatic rings. The van der Waals surface area contributed by atoms with Gasteiger partial charge in [0.05, 0.1) is 0 Å². The van der Waals surface area contributed by atoms with Gasteiger partial charge in [-0.05, 0) is 38.5 Å². The average molecular weight is 211 g/mol. The molecule has 0 spiro atoms. The lowest BCUT2D eigenvalue weighted by Crippen LogP contribution is -2.37. The van der Waals surface area contributed by atoms with Crippen molar-refractivity contribution in [2.45, 2.75) is 59.4 Å². The lowest BCUT2D eigenvalue weighted by molar-refractivity contribution is -0.127. The highest BCUT2D eigenvalue weighted by Gasteiger charge is 2.27. The Morgan fingerprint density at radius 2 is 1.87 bits per heavy atom. The topological polar surface area (TPSA) is 29.1 Å². The first-order chi connectivity index (χ1) is 7.00. The molecule has 1 aliphatic rings. The van der Waals surface area contributed by atoms with Crippen molar-refractivity contribution in [1.82, 2.24) is 5.32 Å². The van der Waals surface area contributed by atoms with Crippen LogP contribution in [0.3, 0.4) is 0 Å². The second kappa shape index (κ2) is 5.53. The number of amides is 1. The van der Waals surface area contributed by atoms with E-state index in [9.17, 15) is 4.79 Å². The van der Waals surface area contributed by atoms with Crippen LogP contribution in [0.5, 0.6) is 0 Å². The van der Waals surface area contributed by atoms with Gasteiger partial charge in [0.25, 0.3) is 0 Å². The standard InChI is InChI=1S/C13H25NO/c1-9(2)12(8-7-11-5-6-11)13(15)14-10(3)4/h9-12H,5-8H2,1-4H3,(H,14,15). The molecule has 88 valence electrons. The molecule has 0 bridgehead atoms. The molecule has 15 heavy (non-hydrogen) atoms. The highest BCUT2D eigenvalue weighted by atomic mass is 16.1. The molecule has 0 saturated heterocycles. The molecule has 1 fully saturated rings. The van der Waals surface area contributed by atoms with Crippen LogP contribution in [0.4, 0.5) is 0 Å². The van der Waals surface area contributed by atoms with Crippen molar-refractivity contribution in [3.63, 3.8) is 0 Å². The van der Waals surface area contributed by atoms with Crippen molar-refractivity contribution < 1.29 is 4.79 Å². The second-order valence-electron chi connectivity index (χ2n) is 5.53. The van der Waals surface area contributed by atoms with Crippen molar-refractivity contribution >= 4 is 5.91 Å². The van der Waals surface area contributed by atoms with Gasteiger partial charge in [0.2, 0.25) is 5.91 Å². The van der Waals surface area contributed by atoms with Gasteiger partial charge in [0.1, 0.15) is 0 Å². The number of hydrogen-bond acceptors (Lipinski definition) is 1. The van der Waals surface area contributed by atoms with E-state index in [1.807, 2.05) is 13.8 Å². The van der Waals surface area contributed by atoms with E-state index in [4.69, 9.17) is 0 Å². The molecule has 0 radical (unpaired) electrons. The smallest absolute Gasteiger partial charge is 0.223 e. The quantitative estimate of drug-likeness (QED) is 0.719. The van der Waals surface area contributed by atoms with Crippen molar-refractivity contribution in [2.24, 2.45) is 17.8 Å². The summed E-state index contributed by atoms with van der Waals surface area (Å²) in [5.41, 5.74) is 0. The fourth-order valence-electron chi connectivity index (χ4n) is 1.98. The Balaban J connectivity index is 2.36. The Kier molecular flexibility index (Phi) is 4.62. The molecule has 0 aliphatic heterocycles. The van der Waals surface area contributed by atoms with Crippen molar-refractivity contribution in [2.75, 3.05) is 0 Å². The van der Waals surface area contributed by atoms with Gasteiger partial charge in [-0.15, -0.1) is 0 Å². The maximum absolute atomic E-state index is 11.9. The third kappa shape index (κ3) is 4.67. The monoisotopic (exact) mass is 211 g/mol. The van der Waals surface area contributed by atoms with Crippen LogP contribution in [0.25, 0.3) is 0 Å². The minimum absolute atomic E-state index is 0.216. The van der Waals surface area contributed by atoms with E-state index in [-0.39, 0.29) is 17.9 Å². The molecule has 1 aliphatic carbocycles. The summed E-state index contributed by atoms with van der Waals surface area (Å²) in [6.07, 6.45) is 5.09. The summed E-state index contributed by atoms with van der Waals surface area (Å²) < 4.78 is 0. The molecule has 1 unspecified atom stereocenters. The Morgan fingerprint density at radius 1 is 1.27 bits per heavy atom. The summed E-state index contributed by atoms with van der Waals surface area (Å²) in [6.45, 7) is 8.35. The van der Waals surface area contributed by atoms with Gasteiger partial charge in [-0.2, -0.15) is 0 Å². The first-order valence-corrected chi connectivity index (χ1v) is 6.31. The van der Waals surface area contributed by atoms with Crippen LogP contribution in [0.15, 0.2) is 0 Å². The Bertz CT molecular complexity index is 207. The number of carbonyl (C=O) groups excluding carboxylic acids is 1. The van der Waals surface area contributed by atoms with Crippen LogP contribution in [-0.4, -0.2) is 11.9 Å². The van der Waals surface area contributed by atoms with E-state index in [0.717, 1.165) is 12.3 Å². The van der Waals surface area contributed by atoms with E-state index in [0.29, 0.717) is 5.92 Å².